The summed E-state index contributed by atoms with van der Waals surface area (Å²) in [5.74, 6) is 2.67. The molecule has 0 fully saturated rings. The van der Waals surface area contributed by atoms with Crippen molar-refractivity contribution in [2.75, 3.05) is 14.2 Å². The van der Waals surface area contributed by atoms with E-state index in [0.29, 0.717) is 6.04 Å². The largest absolute Gasteiger partial charge is 0.377 e. The summed E-state index contributed by atoms with van der Waals surface area (Å²) in [6.45, 7) is 4.29. The van der Waals surface area contributed by atoms with Gasteiger partial charge in [-0.2, -0.15) is 0 Å². The van der Waals surface area contributed by atoms with E-state index in [1.165, 1.54) is 0 Å². The molecular formula is C12H23NO. The van der Waals surface area contributed by atoms with E-state index >= 15 is 0 Å². The number of likely N-dealkylation sites (N-methyl/N-ethyl adjacent to an activating group) is 1. The zero-order valence-corrected chi connectivity index (χ0v) is 9.89. The number of nitrogens with one attached hydrogen (secondary N) is 1. The number of hydrogen-bond acceptors (Lipinski definition) is 2. The van der Waals surface area contributed by atoms with Crippen molar-refractivity contribution in [2.24, 2.45) is 0 Å². The van der Waals surface area contributed by atoms with Crippen LogP contribution in [0.5, 0.6) is 0 Å². The molecule has 1 N–H and O–H groups in total. The molecule has 0 aliphatic carbocycles. The number of methoxy groups -OCH3 is 1. The Bertz CT molecular complexity index is 179. The van der Waals surface area contributed by atoms with Crippen LogP contribution in [0, 0.1) is 12.3 Å². The van der Waals surface area contributed by atoms with Gasteiger partial charge in [-0.25, -0.2) is 0 Å². The number of hydrogen-bond donors (Lipinski definition) is 1. The molecule has 0 aliphatic heterocycles. The standard InChI is InChI=1S/C12H23NO/c1-6-8-9-10-11(13-4)12(3,7-2)14-5/h1,11,13H,7-10H2,2-5H3. The molecule has 0 saturated carbocycles. The molecule has 2 unspecified atom stereocenters. The van der Waals surface area contributed by atoms with Crippen LogP contribution in [-0.2, 0) is 4.74 Å². The lowest BCUT2D eigenvalue weighted by Gasteiger charge is -2.35. The summed E-state index contributed by atoms with van der Waals surface area (Å²) in [7, 11) is 3.75. The predicted molar refractivity (Wildman–Crippen MR) is 61.2 cm³/mol. The van der Waals surface area contributed by atoms with Gasteiger partial charge in [-0.1, -0.05) is 6.92 Å². The van der Waals surface area contributed by atoms with Gasteiger partial charge in [-0.3, -0.25) is 0 Å². The van der Waals surface area contributed by atoms with Crippen LogP contribution in [0.25, 0.3) is 0 Å². The van der Waals surface area contributed by atoms with Gasteiger partial charge in [0.15, 0.2) is 0 Å². The zero-order chi connectivity index (χ0) is 11.0. The Morgan fingerprint density at radius 1 is 1.57 bits per heavy atom. The molecule has 0 saturated heterocycles. The van der Waals surface area contributed by atoms with Gasteiger partial charge in [0.25, 0.3) is 0 Å². The molecule has 2 heteroatoms. The van der Waals surface area contributed by atoms with Crippen LogP contribution in [0.4, 0.5) is 0 Å². The topological polar surface area (TPSA) is 21.3 Å². The Kier molecular flexibility index (Phi) is 6.61. The summed E-state index contributed by atoms with van der Waals surface area (Å²) < 4.78 is 5.56. The first kappa shape index (κ1) is 13.5. The Labute approximate surface area is 88.4 Å². The van der Waals surface area contributed by atoms with Gasteiger partial charge in [0.2, 0.25) is 0 Å². The minimum absolute atomic E-state index is 0.0800. The second-order valence-electron chi connectivity index (χ2n) is 3.81. The molecule has 0 radical (unpaired) electrons. The molecule has 0 amide bonds. The van der Waals surface area contributed by atoms with Crippen molar-refractivity contribution in [3.8, 4) is 12.3 Å². The molecule has 0 heterocycles. The van der Waals surface area contributed by atoms with Crippen LogP contribution in [0.2, 0.25) is 0 Å². The second kappa shape index (κ2) is 6.86. The molecule has 2 nitrogen and oxygen atoms in total. The third kappa shape index (κ3) is 3.69. The molecule has 0 aliphatic rings. The highest BCUT2D eigenvalue weighted by molar-refractivity contribution is 4.89. The third-order valence-corrected chi connectivity index (χ3v) is 3.07. The molecule has 2 atom stereocenters. The van der Waals surface area contributed by atoms with Gasteiger partial charge < -0.3 is 10.1 Å². The summed E-state index contributed by atoms with van der Waals surface area (Å²) in [4.78, 5) is 0. The number of rotatable bonds is 7. The number of terminal acetylenes is 1. The zero-order valence-electron chi connectivity index (χ0n) is 9.89. The van der Waals surface area contributed by atoms with E-state index in [1.807, 2.05) is 7.05 Å². The quantitative estimate of drug-likeness (QED) is 0.499. The van der Waals surface area contributed by atoms with Gasteiger partial charge in [-0.15, -0.1) is 12.3 Å². The van der Waals surface area contributed by atoms with Crippen LogP contribution in [0.1, 0.15) is 39.5 Å². The first-order valence-corrected chi connectivity index (χ1v) is 5.30. The number of unbranched alkanes of at least 4 members (excludes halogenated alkanes) is 1. The summed E-state index contributed by atoms with van der Waals surface area (Å²) in [6, 6.07) is 0.380. The molecule has 14 heavy (non-hydrogen) atoms. The summed E-state index contributed by atoms with van der Waals surface area (Å²) in [6.07, 6.45) is 9.21. The highest BCUT2D eigenvalue weighted by atomic mass is 16.5. The summed E-state index contributed by atoms with van der Waals surface area (Å²) in [5.41, 5.74) is -0.0800. The molecule has 82 valence electrons. The van der Waals surface area contributed by atoms with Gasteiger partial charge in [-0.05, 0) is 33.2 Å². The van der Waals surface area contributed by atoms with Crippen LogP contribution in [0.15, 0.2) is 0 Å². The van der Waals surface area contributed by atoms with Crippen molar-refractivity contribution in [3.63, 3.8) is 0 Å². The van der Waals surface area contributed by atoms with Crippen molar-refractivity contribution in [2.45, 2.75) is 51.2 Å². The van der Waals surface area contributed by atoms with Crippen molar-refractivity contribution in [1.82, 2.24) is 5.32 Å². The lowest BCUT2D eigenvalue weighted by atomic mass is 9.89. The minimum Gasteiger partial charge on any atom is -0.377 e. The molecule has 0 aromatic rings. The van der Waals surface area contributed by atoms with Crippen LogP contribution in [-0.4, -0.2) is 25.8 Å². The Morgan fingerprint density at radius 2 is 2.21 bits per heavy atom. The third-order valence-electron chi connectivity index (χ3n) is 3.07. The summed E-state index contributed by atoms with van der Waals surface area (Å²) >= 11 is 0. The highest BCUT2D eigenvalue weighted by Crippen LogP contribution is 2.22. The van der Waals surface area contributed by atoms with E-state index in [-0.39, 0.29) is 5.60 Å². The monoisotopic (exact) mass is 197 g/mol. The van der Waals surface area contributed by atoms with Crippen molar-refractivity contribution >= 4 is 0 Å². The SMILES string of the molecule is C#CCCCC(NC)C(C)(CC)OC. The fourth-order valence-electron chi connectivity index (χ4n) is 1.70. The van der Waals surface area contributed by atoms with E-state index in [0.717, 1.165) is 25.7 Å². The minimum atomic E-state index is -0.0800. The maximum Gasteiger partial charge on any atom is 0.0800 e. The smallest absolute Gasteiger partial charge is 0.0800 e. The van der Waals surface area contributed by atoms with Gasteiger partial charge >= 0.3 is 0 Å². The molecule has 0 bridgehead atoms. The maximum atomic E-state index is 5.56. The fraction of sp³-hybridized carbons (Fsp3) is 0.833. The fourth-order valence-corrected chi connectivity index (χ4v) is 1.70. The first-order valence-electron chi connectivity index (χ1n) is 5.30. The van der Waals surface area contributed by atoms with E-state index in [9.17, 15) is 0 Å². The van der Waals surface area contributed by atoms with Crippen molar-refractivity contribution in [3.05, 3.63) is 0 Å². The molecule has 0 spiro atoms. The maximum absolute atomic E-state index is 5.56. The van der Waals surface area contributed by atoms with Crippen molar-refractivity contribution in [1.29, 1.82) is 0 Å². The molecular weight excluding hydrogens is 174 g/mol. The highest BCUT2D eigenvalue weighted by Gasteiger charge is 2.30. The number of ether oxygens (including phenoxy) is 1. The average Bonchev–Trinajstić information content (AvgIpc) is 2.23. The Hall–Kier alpha value is -0.520. The first-order chi connectivity index (χ1) is 6.64. The normalized spacial score (nSPS) is 17.1. The van der Waals surface area contributed by atoms with E-state index in [1.54, 1.807) is 7.11 Å². The lowest BCUT2D eigenvalue weighted by molar-refractivity contribution is -0.0294. The van der Waals surface area contributed by atoms with Gasteiger partial charge in [0.1, 0.15) is 0 Å². The molecule has 0 aromatic heterocycles. The van der Waals surface area contributed by atoms with Crippen LogP contribution < -0.4 is 5.32 Å². The lowest BCUT2D eigenvalue weighted by Crippen LogP contribution is -2.48. The van der Waals surface area contributed by atoms with E-state index in [2.05, 4.69) is 25.1 Å². The predicted octanol–water partition coefficient (Wildman–Crippen LogP) is 2.19. The van der Waals surface area contributed by atoms with Crippen molar-refractivity contribution < 1.29 is 4.74 Å². The van der Waals surface area contributed by atoms with Gasteiger partial charge in [0, 0.05) is 19.6 Å². The van der Waals surface area contributed by atoms with Crippen LogP contribution >= 0.6 is 0 Å². The average molecular weight is 197 g/mol. The van der Waals surface area contributed by atoms with Gasteiger partial charge in [0.05, 0.1) is 5.60 Å². The van der Waals surface area contributed by atoms with Crippen LogP contribution in [0.3, 0.4) is 0 Å². The molecule has 0 aromatic carbocycles. The summed E-state index contributed by atoms with van der Waals surface area (Å²) in [5, 5.41) is 3.31. The Morgan fingerprint density at radius 3 is 2.57 bits per heavy atom. The van der Waals surface area contributed by atoms with E-state index in [4.69, 9.17) is 11.2 Å². The Balaban J connectivity index is 4.17. The molecule has 0 rings (SSSR count). The second-order valence-corrected chi connectivity index (χ2v) is 3.81. The van der Waals surface area contributed by atoms with E-state index < -0.39 is 0 Å².